The van der Waals surface area contributed by atoms with Crippen LogP contribution in [0.15, 0.2) is 0 Å². The number of hydrogen-bond acceptors (Lipinski definition) is 6. The molecule has 19 heavy (non-hydrogen) atoms. The molecule has 0 aromatic rings. The van der Waals surface area contributed by atoms with Crippen molar-refractivity contribution in [2.75, 3.05) is 0 Å². The summed E-state index contributed by atoms with van der Waals surface area (Å²) in [7, 11) is 0. The molecule has 8 nitrogen and oxygen atoms in total. The molecule has 0 aromatic heterocycles. The molecule has 4 N–H and O–H groups in total. The van der Waals surface area contributed by atoms with Crippen molar-refractivity contribution in [3.8, 4) is 0 Å². The average Bonchev–Trinajstić information content (AvgIpc) is 2.17. The number of carboxylic acids is 2. The summed E-state index contributed by atoms with van der Waals surface area (Å²) < 4.78 is 0. The molecule has 0 aromatic carbocycles. The first-order valence-electron chi connectivity index (χ1n) is 5.51. The van der Waals surface area contributed by atoms with Crippen molar-refractivity contribution < 1.29 is 30.8 Å². The zero-order valence-corrected chi connectivity index (χ0v) is 13.8. The summed E-state index contributed by atoms with van der Waals surface area (Å²) >= 11 is 0. The van der Waals surface area contributed by atoms with E-state index in [2.05, 4.69) is 0 Å². The number of nitrogens with two attached hydrogens (primary N) is 2. The van der Waals surface area contributed by atoms with Crippen molar-refractivity contribution in [3.05, 3.63) is 10.4 Å². The minimum Gasteiger partial charge on any atom is -0.635 e. The largest absolute Gasteiger partial charge is 2.00 e. The van der Waals surface area contributed by atoms with Gasteiger partial charge in [-0.3, -0.25) is 0 Å². The Morgan fingerprint density at radius 3 is 1.00 bits per heavy atom. The second-order valence-electron chi connectivity index (χ2n) is 4.45. The zero-order chi connectivity index (χ0) is 14.9. The summed E-state index contributed by atoms with van der Waals surface area (Å²) in [5, 5.41) is 40.0. The fraction of sp³-hybridized carbons (Fsp3) is 0.800. The van der Waals surface area contributed by atoms with Crippen molar-refractivity contribution in [1.29, 1.82) is 0 Å². The topological polar surface area (TPSA) is 160 Å². The Balaban J connectivity index is -0.000000256. The van der Waals surface area contributed by atoms with Crippen LogP contribution in [-0.4, -0.2) is 61.8 Å². The van der Waals surface area contributed by atoms with Gasteiger partial charge in [0.15, 0.2) is 0 Å². The molecule has 0 rings (SSSR count). The predicted octanol–water partition coefficient (Wildman–Crippen LogP) is -4.74. The molecule has 0 bridgehead atoms. The number of aliphatic carboxylic acids is 2. The van der Waals surface area contributed by atoms with E-state index >= 15 is 0 Å². The smallest absolute Gasteiger partial charge is 0.635 e. The van der Waals surface area contributed by atoms with E-state index in [9.17, 15) is 30.2 Å². The van der Waals surface area contributed by atoms with Gasteiger partial charge in [0.1, 0.15) is 12.1 Å². The molecule has 108 valence electrons. The number of quaternary nitrogens is 2. The third kappa shape index (κ3) is 11.6. The van der Waals surface area contributed by atoms with Crippen molar-refractivity contribution in [1.82, 2.24) is 0 Å². The van der Waals surface area contributed by atoms with Crippen LogP contribution >= 0.6 is 0 Å². The van der Waals surface area contributed by atoms with E-state index in [4.69, 9.17) is 0 Å². The van der Waals surface area contributed by atoms with Crippen LogP contribution in [0.4, 0.5) is 0 Å². The Morgan fingerprint density at radius 1 is 0.789 bits per heavy atom. The minimum atomic E-state index is -1.29. The average molecular weight is 304 g/mol. The summed E-state index contributed by atoms with van der Waals surface area (Å²) in [6, 6.07) is -1.91. The van der Waals surface area contributed by atoms with Gasteiger partial charge in [-0.15, -0.1) is 0 Å². The molecule has 9 heteroatoms. The van der Waals surface area contributed by atoms with Gasteiger partial charge in [-0.1, -0.05) is 27.7 Å². The molecule has 2 atom stereocenters. The summed E-state index contributed by atoms with van der Waals surface area (Å²) in [4.78, 5) is 20.1. The first kappa shape index (κ1) is 24.1. The maximum Gasteiger partial charge on any atom is 2.00 e. The molecule has 0 fully saturated rings. The van der Waals surface area contributed by atoms with Crippen LogP contribution in [0.3, 0.4) is 0 Å². The number of hydrogen-bond donors (Lipinski definition) is 2. The molecular weight excluding hydrogens is 284 g/mol. The first-order chi connectivity index (χ1) is 8.18. The van der Waals surface area contributed by atoms with Gasteiger partial charge in [0.25, 0.3) is 0 Å². The minimum absolute atomic E-state index is 0. The maximum atomic E-state index is 10.0. The van der Waals surface area contributed by atoms with Crippen LogP contribution in [0.25, 0.3) is 0 Å². The van der Waals surface area contributed by atoms with Gasteiger partial charge in [-0.25, -0.2) is 0 Å². The number of carbonyl (C=O) groups is 2. The number of carboxylic acid groups (broad SMARTS) is 2. The van der Waals surface area contributed by atoms with Crippen molar-refractivity contribution >= 4 is 49.7 Å². The van der Waals surface area contributed by atoms with Crippen LogP contribution in [0.1, 0.15) is 27.7 Å². The van der Waals surface area contributed by atoms with Crippen molar-refractivity contribution in [2.45, 2.75) is 39.8 Å². The van der Waals surface area contributed by atoms with Crippen LogP contribution in [0, 0.1) is 22.3 Å². The Labute approximate surface area is 142 Å². The van der Waals surface area contributed by atoms with E-state index < -0.39 is 24.0 Å². The van der Waals surface area contributed by atoms with Crippen LogP contribution in [0.5, 0.6) is 0 Å². The summed E-state index contributed by atoms with van der Waals surface area (Å²) in [5.41, 5.74) is 0.806. The van der Waals surface area contributed by atoms with E-state index in [1.807, 2.05) is 0 Å². The van der Waals surface area contributed by atoms with Gasteiger partial charge in [0, 0.05) is 11.8 Å². The molecule has 0 amide bonds. The maximum absolute atomic E-state index is 10.0. The summed E-state index contributed by atoms with van der Waals surface area (Å²) in [5.74, 6) is -2.93. The van der Waals surface area contributed by atoms with Crippen molar-refractivity contribution in [3.63, 3.8) is 0 Å². The fourth-order valence-corrected chi connectivity index (χ4v) is 0.970. The van der Waals surface area contributed by atoms with E-state index in [-0.39, 0.29) is 49.6 Å². The third-order valence-electron chi connectivity index (χ3n) is 2.27. The summed E-state index contributed by atoms with van der Waals surface area (Å²) in [6.45, 7) is 6.65. The SMILES string of the molecule is CC(C)[C@H]([NH2+][O-])C(=O)[O-].CC(C)[C@H]([NH2+][O-])C(=O)[O-].[Ca+2]. The second-order valence-corrected chi connectivity index (χ2v) is 4.45. The third-order valence-corrected chi connectivity index (χ3v) is 2.27. The fourth-order valence-electron chi connectivity index (χ4n) is 0.970. The Kier molecular flexibility index (Phi) is 16.5. The van der Waals surface area contributed by atoms with E-state index in [0.29, 0.717) is 11.0 Å². The quantitative estimate of drug-likeness (QED) is 0.370. The monoisotopic (exact) mass is 304 g/mol. The Bertz CT molecular complexity index is 236. The molecule has 0 radical (unpaired) electrons. The predicted molar refractivity (Wildman–Crippen MR) is 63.6 cm³/mol. The molecule has 0 spiro atoms. The first-order valence-corrected chi connectivity index (χ1v) is 5.51. The van der Waals surface area contributed by atoms with Crippen LogP contribution in [-0.2, 0) is 9.59 Å². The van der Waals surface area contributed by atoms with Crippen LogP contribution in [0.2, 0.25) is 0 Å². The molecular formula is C10H20CaN2O6. The summed E-state index contributed by atoms with van der Waals surface area (Å²) in [6.07, 6.45) is 0. The normalized spacial score (nSPS) is 13.1. The van der Waals surface area contributed by atoms with Gasteiger partial charge >= 0.3 is 37.7 Å². The van der Waals surface area contributed by atoms with Gasteiger partial charge in [0.2, 0.25) is 0 Å². The number of hydroxylamine groups is 2. The van der Waals surface area contributed by atoms with Gasteiger partial charge in [-0.2, -0.15) is 0 Å². The standard InChI is InChI=1S/2C5H11NO3.Ca/c2*1-3(2)4(6-9)5(7)8;/h2*3-4H,6H2,1-2H3,(H,7,8);/q;;+2/p-2/t2*4-;/m00./s1. The van der Waals surface area contributed by atoms with Crippen molar-refractivity contribution in [2.24, 2.45) is 11.8 Å². The molecule has 0 saturated carbocycles. The molecule has 0 unspecified atom stereocenters. The Morgan fingerprint density at radius 2 is 1.00 bits per heavy atom. The van der Waals surface area contributed by atoms with E-state index in [1.54, 1.807) is 27.7 Å². The van der Waals surface area contributed by atoms with Crippen LogP contribution < -0.4 is 21.2 Å². The Hall–Kier alpha value is 0.0397. The number of rotatable bonds is 6. The molecule has 0 aliphatic carbocycles. The second kappa shape index (κ2) is 13.0. The van der Waals surface area contributed by atoms with Gasteiger partial charge < -0.3 is 41.2 Å². The molecule has 0 heterocycles. The molecule has 0 aliphatic heterocycles. The van der Waals surface area contributed by atoms with Gasteiger partial charge in [-0.05, 0) is 0 Å². The van der Waals surface area contributed by atoms with E-state index in [1.165, 1.54) is 0 Å². The molecule has 0 aliphatic rings. The number of carbonyl (C=O) groups excluding carboxylic acids is 2. The van der Waals surface area contributed by atoms with E-state index in [0.717, 1.165) is 0 Å². The molecule has 0 saturated heterocycles. The van der Waals surface area contributed by atoms with Gasteiger partial charge in [0.05, 0.1) is 11.9 Å². The zero-order valence-electron chi connectivity index (χ0n) is 11.6.